The fourth-order valence-corrected chi connectivity index (χ4v) is 4.09. The molecule has 0 aliphatic heterocycles. The largest absolute Gasteiger partial charge is 0.481 e. The summed E-state index contributed by atoms with van der Waals surface area (Å²) in [5.41, 5.74) is 5.44. The van der Waals surface area contributed by atoms with Crippen LogP contribution in [-0.2, 0) is 11.2 Å². The Labute approximate surface area is 199 Å². The van der Waals surface area contributed by atoms with Crippen LogP contribution in [0.1, 0.15) is 53.7 Å². The molecule has 2 N–H and O–H groups in total. The zero-order chi connectivity index (χ0) is 23.9. The van der Waals surface area contributed by atoms with Crippen LogP contribution in [0.4, 0.5) is 0 Å². The van der Waals surface area contributed by atoms with Gasteiger partial charge in [-0.3, -0.25) is 9.59 Å². The highest BCUT2D eigenvalue weighted by Crippen LogP contribution is 2.28. The minimum Gasteiger partial charge on any atom is -0.481 e. The number of carboxylic acids is 1. The number of aromatic nitrogens is 1. The van der Waals surface area contributed by atoms with Crippen molar-refractivity contribution in [3.63, 3.8) is 0 Å². The molecule has 5 heteroatoms. The highest BCUT2D eigenvalue weighted by atomic mass is 16.4. The molecule has 0 bridgehead atoms. The first-order valence-corrected chi connectivity index (χ1v) is 11.6. The Hall–Kier alpha value is -3.99. The zero-order valence-corrected chi connectivity index (χ0v) is 19.2. The Balaban J connectivity index is 1.62. The van der Waals surface area contributed by atoms with Crippen molar-refractivity contribution in [2.24, 2.45) is 0 Å². The number of hydrogen-bond donors (Lipinski definition) is 2. The number of benzene rings is 3. The minimum absolute atomic E-state index is 0.104. The molecule has 4 rings (SSSR count). The Morgan fingerprint density at radius 2 is 1.62 bits per heavy atom. The normalized spacial score (nSPS) is 11.8. The summed E-state index contributed by atoms with van der Waals surface area (Å²) < 4.78 is 0. The van der Waals surface area contributed by atoms with Gasteiger partial charge in [-0.1, -0.05) is 60.7 Å². The van der Waals surface area contributed by atoms with Gasteiger partial charge in [0.25, 0.3) is 5.91 Å². The number of nitrogens with one attached hydrogen (secondary N) is 1. The van der Waals surface area contributed by atoms with Gasteiger partial charge in [-0.15, -0.1) is 0 Å². The third kappa shape index (κ3) is 5.67. The van der Waals surface area contributed by atoms with Crippen LogP contribution in [0.15, 0.2) is 84.9 Å². The third-order valence-corrected chi connectivity index (χ3v) is 5.94. The molecule has 0 aliphatic rings. The van der Waals surface area contributed by atoms with Crippen LogP contribution in [0.3, 0.4) is 0 Å². The van der Waals surface area contributed by atoms with E-state index in [2.05, 4.69) is 11.4 Å². The SMILES string of the molecule is CC(NC(=O)c1ccc2nc(-c3ccccc3)c(CCCCC(=O)O)cc2c1)c1ccccc1. The van der Waals surface area contributed by atoms with Gasteiger partial charge in [-0.05, 0) is 61.6 Å². The topological polar surface area (TPSA) is 79.3 Å². The lowest BCUT2D eigenvalue weighted by atomic mass is 9.98. The highest BCUT2D eigenvalue weighted by molar-refractivity contribution is 5.98. The van der Waals surface area contributed by atoms with Crippen molar-refractivity contribution in [3.05, 3.63) is 102 Å². The maximum absolute atomic E-state index is 12.9. The summed E-state index contributed by atoms with van der Waals surface area (Å²) in [6, 6.07) is 27.4. The lowest BCUT2D eigenvalue weighted by Gasteiger charge is -2.15. The van der Waals surface area contributed by atoms with Crippen LogP contribution in [0.5, 0.6) is 0 Å². The van der Waals surface area contributed by atoms with E-state index in [1.54, 1.807) is 0 Å². The third-order valence-electron chi connectivity index (χ3n) is 5.94. The van der Waals surface area contributed by atoms with Crippen molar-refractivity contribution in [1.29, 1.82) is 0 Å². The van der Waals surface area contributed by atoms with Gasteiger partial charge in [0.15, 0.2) is 0 Å². The van der Waals surface area contributed by atoms with Crippen molar-refractivity contribution in [1.82, 2.24) is 10.3 Å². The number of amides is 1. The van der Waals surface area contributed by atoms with Crippen LogP contribution in [-0.4, -0.2) is 22.0 Å². The van der Waals surface area contributed by atoms with E-state index >= 15 is 0 Å². The van der Waals surface area contributed by atoms with E-state index in [1.807, 2.05) is 85.8 Å². The number of carboxylic acid groups (broad SMARTS) is 1. The van der Waals surface area contributed by atoms with Gasteiger partial charge >= 0.3 is 5.97 Å². The summed E-state index contributed by atoms with van der Waals surface area (Å²) in [5.74, 6) is -0.909. The lowest BCUT2D eigenvalue weighted by Crippen LogP contribution is -2.26. The molecule has 1 heterocycles. The molecule has 3 aromatic carbocycles. The molecule has 0 spiro atoms. The number of carbonyl (C=O) groups is 2. The van der Waals surface area contributed by atoms with Crippen LogP contribution in [0, 0.1) is 0 Å². The molecule has 1 amide bonds. The molecular weight excluding hydrogens is 424 g/mol. The molecule has 34 heavy (non-hydrogen) atoms. The quantitative estimate of drug-likeness (QED) is 0.297. The average Bonchev–Trinajstić information content (AvgIpc) is 2.86. The van der Waals surface area contributed by atoms with E-state index in [1.165, 1.54) is 0 Å². The molecule has 0 saturated heterocycles. The van der Waals surface area contributed by atoms with Gasteiger partial charge in [0.1, 0.15) is 0 Å². The molecule has 1 atom stereocenters. The molecule has 172 valence electrons. The van der Waals surface area contributed by atoms with Gasteiger partial charge in [0.05, 0.1) is 17.3 Å². The summed E-state index contributed by atoms with van der Waals surface area (Å²) in [6.45, 7) is 1.97. The smallest absolute Gasteiger partial charge is 0.303 e. The highest BCUT2D eigenvalue weighted by Gasteiger charge is 2.14. The summed E-state index contributed by atoms with van der Waals surface area (Å²) in [6.07, 6.45) is 2.25. The summed E-state index contributed by atoms with van der Waals surface area (Å²) in [5, 5.41) is 12.9. The van der Waals surface area contributed by atoms with E-state index < -0.39 is 5.97 Å². The number of hydrogen-bond acceptors (Lipinski definition) is 3. The van der Waals surface area contributed by atoms with Gasteiger partial charge in [-0.2, -0.15) is 0 Å². The van der Waals surface area contributed by atoms with E-state index in [9.17, 15) is 9.59 Å². The van der Waals surface area contributed by atoms with Crippen molar-refractivity contribution in [3.8, 4) is 11.3 Å². The number of unbranched alkanes of at least 4 members (excludes halogenated alkanes) is 1. The first-order chi connectivity index (χ1) is 16.5. The average molecular weight is 453 g/mol. The number of pyridine rings is 1. The Morgan fingerprint density at radius 3 is 2.32 bits per heavy atom. The van der Waals surface area contributed by atoms with Gasteiger partial charge in [0, 0.05) is 22.9 Å². The number of rotatable bonds is 9. The first kappa shape index (κ1) is 23.2. The molecule has 0 saturated carbocycles. The molecule has 4 aromatic rings. The zero-order valence-electron chi connectivity index (χ0n) is 19.2. The minimum atomic E-state index is -0.777. The monoisotopic (exact) mass is 452 g/mol. The second kappa shape index (κ2) is 10.8. The molecule has 0 fully saturated rings. The number of aryl methyl sites for hydroxylation is 1. The predicted molar refractivity (Wildman–Crippen MR) is 135 cm³/mol. The van der Waals surface area contributed by atoms with Crippen molar-refractivity contribution < 1.29 is 14.7 Å². The fraction of sp³-hybridized carbons (Fsp3) is 0.207. The standard InChI is InChI=1S/C29H28N2O3/c1-20(21-10-4-2-5-11-21)30-29(34)24-16-17-26-25(19-24)18-23(14-8-9-15-27(32)33)28(31-26)22-12-6-3-7-13-22/h2-7,10-13,16-20H,8-9,14-15H2,1H3,(H,30,34)(H,32,33). The fourth-order valence-electron chi connectivity index (χ4n) is 4.09. The number of nitrogens with zero attached hydrogens (tertiary/aromatic N) is 1. The van der Waals surface area contributed by atoms with E-state index in [0.717, 1.165) is 46.1 Å². The summed E-state index contributed by atoms with van der Waals surface area (Å²) in [4.78, 5) is 28.7. The Bertz CT molecular complexity index is 1290. The molecule has 1 unspecified atom stereocenters. The number of fused-ring (bicyclic) bond motifs is 1. The van der Waals surface area contributed by atoms with Crippen LogP contribution in [0.2, 0.25) is 0 Å². The van der Waals surface area contributed by atoms with Gasteiger partial charge < -0.3 is 10.4 Å². The maximum Gasteiger partial charge on any atom is 0.303 e. The molecule has 1 aromatic heterocycles. The van der Waals surface area contributed by atoms with Crippen LogP contribution in [0.25, 0.3) is 22.2 Å². The van der Waals surface area contributed by atoms with Gasteiger partial charge in [0.2, 0.25) is 0 Å². The maximum atomic E-state index is 12.9. The van der Waals surface area contributed by atoms with E-state index in [-0.39, 0.29) is 18.4 Å². The second-order valence-electron chi connectivity index (χ2n) is 8.48. The molecular formula is C29H28N2O3. The van der Waals surface area contributed by atoms with Crippen molar-refractivity contribution >= 4 is 22.8 Å². The van der Waals surface area contributed by atoms with Crippen molar-refractivity contribution in [2.75, 3.05) is 0 Å². The van der Waals surface area contributed by atoms with E-state index in [4.69, 9.17) is 10.1 Å². The molecule has 0 aliphatic carbocycles. The molecule has 0 radical (unpaired) electrons. The van der Waals surface area contributed by atoms with Crippen LogP contribution >= 0.6 is 0 Å². The number of aliphatic carboxylic acids is 1. The van der Waals surface area contributed by atoms with Crippen LogP contribution < -0.4 is 5.32 Å². The Kier molecular flexibility index (Phi) is 7.33. The summed E-state index contributed by atoms with van der Waals surface area (Å²) >= 11 is 0. The lowest BCUT2D eigenvalue weighted by molar-refractivity contribution is -0.137. The Morgan fingerprint density at radius 1 is 0.912 bits per heavy atom. The molecule has 5 nitrogen and oxygen atoms in total. The van der Waals surface area contributed by atoms with Crippen molar-refractivity contribution in [2.45, 2.75) is 38.6 Å². The summed E-state index contributed by atoms with van der Waals surface area (Å²) in [7, 11) is 0. The number of carbonyl (C=O) groups excluding carboxylic acids is 1. The van der Waals surface area contributed by atoms with Gasteiger partial charge in [-0.25, -0.2) is 4.98 Å². The first-order valence-electron chi connectivity index (χ1n) is 11.6. The predicted octanol–water partition coefficient (Wildman–Crippen LogP) is 6.19. The van der Waals surface area contributed by atoms with E-state index in [0.29, 0.717) is 12.0 Å². The second-order valence-corrected chi connectivity index (χ2v) is 8.48.